The number of hydrogen-bond acceptors (Lipinski definition) is 3. The fraction of sp³-hybridized carbons (Fsp3) is 0.0256. The van der Waals surface area contributed by atoms with E-state index in [9.17, 15) is 0 Å². The van der Waals surface area contributed by atoms with Gasteiger partial charge < -0.3 is 4.90 Å². The van der Waals surface area contributed by atoms with Crippen LogP contribution in [0.2, 0.25) is 0 Å². The van der Waals surface area contributed by atoms with Gasteiger partial charge in [0.1, 0.15) is 0 Å². The standard InChI is InChI=1S/C39H30N4/c1-29-17-19-32(20-18-29)38-40-39(33-23-21-31(22-24-33)30-11-5-2-6-12-30)43(41-38)37-27-25-36(26-28-37)42(34-13-7-3-8-14-34)35-15-9-4-10-16-35/h2-28H,1H3. The maximum Gasteiger partial charge on any atom is 0.182 e. The highest BCUT2D eigenvalue weighted by Crippen LogP contribution is 2.35. The highest BCUT2D eigenvalue weighted by Gasteiger charge is 2.17. The van der Waals surface area contributed by atoms with Crippen molar-refractivity contribution < 1.29 is 0 Å². The SMILES string of the molecule is Cc1ccc(-c2nc(-c3ccc(-c4ccccc4)cc3)n(-c3ccc(N(c4ccccc4)c4ccccc4)cc3)n2)cc1. The van der Waals surface area contributed by atoms with Gasteiger partial charge in [0.2, 0.25) is 0 Å². The number of aromatic nitrogens is 3. The van der Waals surface area contributed by atoms with E-state index in [4.69, 9.17) is 10.1 Å². The van der Waals surface area contributed by atoms with Crippen molar-refractivity contribution in [3.05, 3.63) is 169 Å². The number of benzene rings is 6. The van der Waals surface area contributed by atoms with Gasteiger partial charge in [0.05, 0.1) is 5.69 Å². The zero-order valence-electron chi connectivity index (χ0n) is 23.9. The summed E-state index contributed by atoms with van der Waals surface area (Å²) in [6.07, 6.45) is 0. The summed E-state index contributed by atoms with van der Waals surface area (Å²) >= 11 is 0. The summed E-state index contributed by atoms with van der Waals surface area (Å²) < 4.78 is 1.95. The Balaban J connectivity index is 1.30. The first-order valence-corrected chi connectivity index (χ1v) is 14.4. The van der Waals surface area contributed by atoms with Crippen LogP contribution in [0.3, 0.4) is 0 Å². The topological polar surface area (TPSA) is 34.0 Å². The normalized spacial score (nSPS) is 10.9. The molecule has 0 aliphatic heterocycles. The van der Waals surface area contributed by atoms with Gasteiger partial charge in [0, 0.05) is 28.2 Å². The van der Waals surface area contributed by atoms with Gasteiger partial charge in [-0.15, -0.1) is 5.10 Å². The van der Waals surface area contributed by atoms with Gasteiger partial charge in [-0.25, -0.2) is 9.67 Å². The van der Waals surface area contributed by atoms with E-state index in [1.54, 1.807) is 0 Å². The molecule has 0 aliphatic rings. The number of hydrogen-bond donors (Lipinski definition) is 0. The Morgan fingerprint density at radius 1 is 0.442 bits per heavy atom. The Morgan fingerprint density at radius 2 is 0.907 bits per heavy atom. The van der Waals surface area contributed by atoms with Crippen LogP contribution in [0.4, 0.5) is 17.1 Å². The van der Waals surface area contributed by atoms with Crippen molar-refractivity contribution in [2.75, 3.05) is 4.90 Å². The van der Waals surface area contributed by atoms with E-state index in [0.29, 0.717) is 5.82 Å². The average Bonchev–Trinajstić information content (AvgIpc) is 3.53. The second-order valence-corrected chi connectivity index (χ2v) is 10.5. The molecule has 0 amide bonds. The Bertz CT molecular complexity index is 1890. The van der Waals surface area contributed by atoms with E-state index in [0.717, 1.165) is 39.7 Å². The molecule has 7 rings (SSSR count). The highest BCUT2D eigenvalue weighted by molar-refractivity contribution is 5.77. The molecule has 0 saturated heterocycles. The molecular weight excluding hydrogens is 524 g/mol. The molecule has 0 spiro atoms. The molecule has 4 heteroatoms. The van der Waals surface area contributed by atoms with Crippen molar-refractivity contribution in [3.8, 4) is 39.6 Å². The van der Waals surface area contributed by atoms with Crippen LogP contribution in [0.5, 0.6) is 0 Å². The molecule has 0 saturated carbocycles. The van der Waals surface area contributed by atoms with Crippen LogP contribution in [0.1, 0.15) is 5.56 Å². The smallest absolute Gasteiger partial charge is 0.182 e. The molecule has 43 heavy (non-hydrogen) atoms. The molecular formula is C39H30N4. The number of anilines is 3. The van der Waals surface area contributed by atoms with Crippen LogP contribution in [0.25, 0.3) is 39.6 Å². The molecule has 1 heterocycles. The molecule has 0 radical (unpaired) electrons. The quantitative estimate of drug-likeness (QED) is 0.197. The lowest BCUT2D eigenvalue weighted by Crippen LogP contribution is -2.10. The minimum Gasteiger partial charge on any atom is -0.311 e. The van der Waals surface area contributed by atoms with E-state index >= 15 is 0 Å². The largest absolute Gasteiger partial charge is 0.311 e. The molecule has 0 fully saturated rings. The first-order chi connectivity index (χ1) is 21.2. The monoisotopic (exact) mass is 554 g/mol. The lowest BCUT2D eigenvalue weighted by Gasteiger charge is -2.25. The number of para-hydroxylation sites is 2. The van der Waals surface area contributed by atoms with Crippen LogP contribution in [0.15, 0.2) is 164 Å². The van der Waals surface area contributed by atoms with E-state index in [1.807, 2.05) is 22.9 Å². The van der Waals surface area contributed by atoms with E-state index in [1.165, 1.54) is 16.7 Å². The second-order valence-electron chi connectivity index (χ2n) is 10.5. The summed E-state index contributed by atoms with van der Waals surface area (Å²) in [4.78, 5) is 7.31. The third kappa shape index (κ3) is 5.46. The summed E-state index contributed by atoms with van der Waals surface area (Å²) in [7, 11) is 0. The molecule has 0 N–H and O–H groups in total. The van der Waals surface area contributed by atoms with Crippen LogP contribution in [-0.4, -0.2) is 14.8 Å². The lowest BCUT2D eigenvalue weighted by atomic mass is 10.0. The van der Waals surface area contributed by atoms with Gasteiger partial charge in [-0.05, 0) is 66.6 Å². The number of rotatable bonds is 7. The summed E-state index contributed by atoms with van der Waals surface area (Å²) in [5, 5.41) is 5.02. The molecule has 4 nitrogen and oxygen atoms in total. The minimum absolute atomic E-state index is 0.696. The van der Waals surface area contributed by atoms with Gasteiger partial charge in [-0.2, -0.15) is 0 Å². The zero-order chi connectivity index (χ0) is 29.0. The first kappa shape index (κ1) is 26.2. The Hall–Kier alpha value is -5.74. The third-order valence-electron chi connectivity index (χ3n) is 7.55. The molecule has 1 aromatic heterocycles. The van der Waals surface area contributed by atoms with Crippen molar-refractivity contribution in [2.45, 2.75) is 6.92 Å². The fourth-order valence-corrected chi connectivity index (χ4v) is 5.29. The summed E-state index contributed by atoms with van der Waals surface area (Å²) in [6, 6.07) is 56.7. The van der Waals surface area contributed by atoms with Gasteiger partial charge in [0.15, 0.2) is 11.6 Å². The number of aryl methyl sites for hydroxylation is 1. The summed E-state index contributed by atoms with van der Waals surface area (Å²) in [5.41, 5.74) is 9.76. The Labute approximate surface area is 252 Å². The molecule has 0 atom stereocenters. The predicted molar refractivity (Wildman–Crippen MR) is 177 cm³/mol. The van der Waals surface area contributed by atoms with E-state index in [-0.39, 0.29) is 0 Å². The lowest BCUT2D eigenvalue weighted by molar-refractivity contribution is 0.890. The first-order valence-electron chi connectivity index (χ1n) is 14.4. The van der Waals surface area contributed by atoms with Crippen molar-refractivity contribution in [2.24, 2.45) is 0 Å². The number of nitrogens with zero attached hydrogens (tertiary/aromatic N) is 4. The molecule has 7 aromatic rings. The van der Waals surface area contributed by atoms with Crippen molar-refractivity contribution in [3.63, 3.8) is 0 Å². The van der Waals surface area contributed by atoms with Gasteiger partial charge >= 0.3 is 0 Å². The average molecular weight is 555 g/mol. The maximum atomic E-state index is 5.05. The van der Waals surface area contributed by atoms with Crippen molar-refractivity contribution in [1.29, 1.82) is 0 Å². The molecule has 0 unspecified atom stereocenters. The van der Waals surface area contributed by atoms with E-state index < -0.39 is 0 Å². The van der Waals surface area contributed by atoms with Gasteiger partial charge in [0.25, 0.3) is 0 Å². The Morgan fingerprint density at radius 3 is 1.49 bits per heavy atom. The molecule has 0 bridgehead atoms. The van der Waals surface area contributed by atoms with Crippen LogP contribution in [-0.2, 0) is 0 Å². The third-order valence-corrected chi connectivity index (χ3v) is 7.55. The Kier molecular flexibility index (Phi) is 7.08. The molecule has 206 valence electrons. The van der Waals surface area contributed by atoms with Crippen molar-refractivity contribution in [1.82, 2.24) is 14.8 Å². The summed E-state index contributed by atoms with van der Waals surface area (Å²) in [6.45, 7) is 2.09. The summed E-state index contributed by atoms with van der Waals surface area (Å²) in [5.74, 6) is 1.49. The van der Waals surface area contributed by atoms with Gasteiger partial charge in [-0.1, -0.05) is 121 Å². The van der Waals surface area contributed by atoms with Crippen LogP contribution < -0.4 is 4.90 Å². The highest BCUT2D eigenvalue weighted by atomic mass is 15.4. The predicted octanol–water partition coefficient (Wildman–Crippen LogP) is 10.0. The van der Waals surface area contributed by atoms with Crippen molar-refractivity contribution >= 4 is 17.1 Å². The molecule has 6 aromatic carbocycles. The second kappa shape index (κ2) is 11.6. The van der Waals surface area contributed by atoms with Gasteiger partial charge in [-0.3, -0.25) is 0 Å². The maximum absolute atomic E-state index is 5.05. The zero-order valence-corrected chi connectivity index (χ0v) is 23.9. The minimum atomic E-state index is 0.696. The fourth-order valence-electron chi connectivity index (χ4n) is 5.29. The van der Waals surface area contributed by atoms with E-state index in [2.05, 4.69) is 157 Å². The van der Waals surface area contributed by atoms with Crippen LogP contribution in [0, 0.1) is 6.92 Å². The molecule has 0 aliphatic carbocycles. The van der Waals surface area contributed by atoms with Crippen LogP contribution >= 0.6 is 0 Å².